The van der Waals surface area contributed by atoms with E-state index in [1.165, 1.54) is 6.33 Å². The van der Waals surface area contributed by atoms with Crippen molar-refractivity contribution in [2.24, 2.45) is 0 Å². The highest BCUT2D eigenvalue weighted by atomic mass is 16.2. The van der Waals surface area contributed by atoms with E-state index in [2.05, 4.69) is 32.4 Å². The molecular weight excluding hydrogens is 256 g/mol. The first-order valence-electron chi connectivity index (χ1n) is 6.50. The molecule has 0 unspecified atom stereocenters. The maximum absolute atomic E-state index is 12.4. The number of H-pyrrole nitrogens is 1. The molecule has 2 aromatic rings. The number of hydrogen-bond acceptors (Lipinski definition) is 5. The number of aromatic nitrogens is 4. The molecule has 0 atom stereocenters. The lowest BCUT2D eigenvalue weighted by Crippen LogP contribution is -2.27. The summed E-state index contributed by atoms with van der Waals surface area (Å²) in [6.45, 7) is 3.27. The molecule has 0 aliphatic heterocycles. The molecule has 2 rings (SSSR count). The zero-order chi connectivity index (χ0) is 14.4. The van der Waals surface area contributed by atoms with Crippen LogP contribution in [0.1, 0.15) is 29.5 Å². The van der Waals surface area contributed by atoms with Crippen LogP contribution in [0.5, 0.6) is 0 Å². The highest BCUT2D eigenvalue weighted by molar-refractivity contribution is 5.99. The summed E-state index contributed by atoms with van der Waals surface area (Å²) in [6, 6.07) is 1.81. The van der Waals surface area contributed by atoms with Crippen molar-refractivity contribution in [2.45, 2.75) is 19.9 Å². The summed E-state index contributed by atoms with van der Waals surface area (Å²) in [7, 11) is 1.72. The Morgan fingerprint density at radius 1 is 1.50 bits per heavy atom. The summed E-state index contributed by atoms with van der Waals surface area (Å²) in [5.41, 5.74) is 1.36. The first-order chi connectivity index (χ1) is 9.72. The molecule has 0 saturated carbocycles. The van der Waals surface area contributed by atoms with Crippen LogP contribution in [0.25, 0.3) is 0 Å². The first kappa shape index (κ1) is 14.0. The van der Waals surface area contributed by atoms with Gasteiger partial charge < -0.3 is 10.2 Å². The van der Waals surface area contributed by atoms with Crippen molar-refractivity contribution in [2.75, 3.05) is 18.9 Å². The van der Waals surface area contributed by atoms with Crippen LogP contribution in [0.4, 0.5) is 5.69 Å². The predicted molar refractivity (Wildman–Crippen MR) is 75.2 cm³/mol. The predicted octanol–water partition coefficient (Wildman–Crippen LogP) is 1.29. The van der Waals surface area contributed by atoms with E-state index in [1.54, 1.807) is 24.3 Å². The minimum atomic E-state index is -0.104. The van der Waals surface area contributed by atoms with E-state index in [-0.39, 0.29) is 5.91 Å². The number of rotatable bonds is 6. The van der Waals surface area contributed by atoms with Crippen LogP contribution < -0.4 is 5.32 Å². The highest BCUT2D eigenvalue weighted by Gasteiger charge is 2.16. The largest absolute Gasteiger partial charge is 0.384 e. The molecule has 7 nitrogen and oxygen atoms in total. The van der Waals surface area contributed by atoms with Gasteiger partial charge in [-0.1, -0.05) is 6.92 Å². The van der Waals surface area contributed by atoms with Crippen LogP contribution in [-0.4, -0.2) is 44.6 Å². The monoisotopic (exact) mass is 274 g/mol. The highest BCUT2D eigenvalue weighted by Crippen LogP contribution is 2.16. The zero-order valence-electron chi connectivity index (χ0n) is 11.6. The normalized spacial score (nSPS) is 10.3. The standard InChI is InChI=1S/C13H18N6O/c1-3-5-15-11-4-6-14-7-10(11)13(20)19(2)8-12-16-9-17-18-12/h4,6-7,9H,3,5,8H2,1-2H3,(H,14,15)(H,16,17,18). The number of nitrogens with zero attached hydrogens (tertiary/aromatic N) is 4. The summed E-state index contributed by atoms with van der Waals surface area (Å²) < 4.78 is 0. The maximum atomic E-state index is 12.4. The number of pyridine rings is 1. The van der Waals surface area contributed by atoms with Gasteiger partial charge in [-0.3, -0.25) is 14.9 Å². The summed E-state index contributed by atoms with van der Waals surface area (Å²) in [5, 5.41) is 9.74. The Hall–Kier alpha value is -2.44. The van der Waals surface area contributed by atoms with Crippen molar-refractivity contribution in [1.29, 1.82) is 0 Å². The number of amides is 1. The van der Waals surface area contributed by atoms with Crippen LogP contribution >= 0.6 is 0 Å². The fraction of sp³-hybridized carbons (Fsp3) is 0.385. The molecule has 20 heavy (non-hydrogen) atoms. The molecule has 0 fully saturated rings. The third kappa shape index (κ3) is 3.31. The van der Waals surface area contributed by atoms with Crippen molar-refractivity contribution in [1.82, 2.24) is 25.1 Å². The van der Waals surface area contributed by atoms with Gasteiger partial charge in [-0.15, -0.1) is 0 Å². The van der Waals surface area contributed by atoms with Gasteiger partial charge in [-0.2, -0.15) is 5.10 Å². The van der Waals surface area contributed by atoms with Crippen molar-refractivity contribution >= 4 is 11.6 Å². The Morgan fingerprint density at radius 3 is 3.05 bits per heavy atom. The zero-order valence-corrected chi connectivity index (χ0v) is 11.6. The van der Waals surface area contributed by atoms with Crippen LogP contribution in [0.2, 0.25) is 0 Å². The van der Waals surface area contributed by atoms with E-state index in [4.69, 9.17) is 0 Å². The van der Waals surface area contributed by atoms with Gasteiger partial charge >= 0.3 is 0 Å². The molecule has 2 aromatic heterocycles. The Morgan fingerprint density at radius 2 is 2.35 bits per heavy atom. The second-order valence-corrected chi connectivity index (χ2v) is 4.44. The number of anilines is 1. The molecule has 1 amide bonds. The molecule has 7 heteroatoms. The average Bonchev–Trinajstić information content (AvgIpc) is 2.97. The average molecular weight is 274 g/mol. The maximum Gasteiger partial charge on any atom is 0.257 e. The Balaban J connectivity index is 2.11. The van der Waals surface area contributed by atoms with Gasteiger partial charge in [0.05, 0.1) is 17.8 Å². The lowest BCUT2D eigenvalue weighted by Gasteiger charge is -2.18. The van der Waals surface area contributed by atoms with Gasteiger partial charge in [0, 0.05) is 26.0 Å². The van der Waals surface area contributed by atoms with Crippen LogP contribution in [0.15, 0.2) is 24.8 Å². The van der Waals surface area contributed by atoms with Crippen LogP contribution in [0.3, 0.4) is 0 Å². The molecule has 0 radical (unpaired) electrons. The fourth-order valence-corrected chi connectivity index (χ4v) is 1.79. The summed E-state index contributed by atoms with van der Waals surface area (Å²) >= 11 is 0. The van der Waals surface area contributed by atoms with Gasteiger partial charge in [0.25, 0.3) is 5.91 Å². The first-order valence-corrected chi connectivity index (χ1v) is 6.50. The summed E-state index contributed by atoms with van der Waals surface area (Å²) in [4.78, 5) is 22.1. The van der Waals surface area contributed by atoms with Gasteiger partial charge in [0.1, 0.15) is 12.2 Å². The Bertz CT molecular complexity index is 554. The van der Waals surface area contributed by atoms with Gasteiger partial charge in [0.2, 0.25) is 0 Å². The number of nitrogens with one attached hydrogen (secondary N) is 2. The third-order valence-electron chi connectivity index (χ3n) is 2.82. The van der Waals surface area contributed by atoms with Crippen LogP contribution in [-0.2, 0) is 6.54 Å². The lowest BCUT2D eigenvalue weighted by molar-refractivity contribution is 0.0782. The van der Waals surface area contributed by atoms with E-state index >= 15 is 0 Å². The molecule has 0 saturated heterocycles. The molecular formula is C13H18N6O. The van der Waals surface area contributed by atoms with E-state index in [9.17, 15) is 4.79 Å². The molecule has 0 bridgehead atoms. The van der Waals surface area contributed by atoms with Crippen LogP contribution in [0, 0.1) is 0 Å². The Kier molecular flexibility index (Phi) is 4.65. The smallest absolute Gasteiger partial charge is 0.257 e. The number of carbonyl (C=O) groups excluding carboxylic acids is 1. The topological polar surface area (TPSA) is 86.8 Å². The molecule has 0 aromatic carbocycles. The SMILES string of the molecule is CCCNc1ccncc1C(=O)N(C)Cc1ncn[nH]1. The fourth-order valence-electron chi connectivity index (χ4n) is 1.79. The second-order valence-electron chi connectivity index (χ2n) is 4.44. The van der Waals surface area contributed by atoms with Crippen molar-refractivity contribution in [3.05, 3.63) is 36.2 Å². The lowest BCUT2D eigenvalue weighted by atomic mass is 10.2. The van der Waals surface area contributed by atoms with Crippen molar-refractivity contribution in [3.63, 3.8) is 0 Å². The molecule has 0 spiro atoms. The van der Waals surface area contributed by atoms with Crippen molar-refractivity contribution in [3.8, 4) is 0 Å². The quantitative estimate of drug-likeness (QED) is 0.829. The summed E-state index contributed by atoms with van der Waals surface area (Å²) in [6.07, 6.45) is 5.66. The van der Waals surface area contributed by atoms with E-state index < -0.39 is 0 Å². The van der Waals surface area contributed by atoms with E-state index in [0.717, 1.165) is 18.7 Å². The number of aromatic amines is 1. The molecule has 0 aliphatic carbocycles. The van der Waals surface area contributed by atoms with E-state index in [0.29, 0.717) is 17.9 Å². The van der Waals surface area contributed by atoms with E-state index in [1.807, 2.05) is 6.07 Å². The molecule has 2 heterocycles. The third-order valence-corrected chi connectivity index (χ3v) is 2.82. The van der Waals surface area contributed by atoms with Gasteiger partial charge in [-0.25, -0.2) is 4.98 Å². The van der Waals surface area contributed by atoms with Crippen molar-refractivity contribution < 1.29 is 4.79 Å². The summed E-state index contributed by atoms with van der Waals surface area (Å²) in [5.74, 6) is 0.543. The minimum Gasteiger partial charge on any atom is -0.384 e. The minimum absolute atomic E-state index is 0.104. The Labute approximate surface area is 117 Å². The molecule has 106 valence electrons. The molecule has 2 N–H and O–H groups in total. The molecule has 0 aliphatic rings. The van der Waals surface area contributed by atoms with Gasteiger partial charge in [-0.05, 0) is 12.5 Å². The number of carbonyl (C=O) groups is 1. The second kappa shape index (κ2) is 6.65. The van der Waals surface area contributed by atoms with Gasteiger partial charge in [0.15, 0.2) is 0 Å². The number of hydrogen-bond donors (Lipinski definition) is 2.